The fourth-order valence-electron chi connectivity index (χ4n) is 3.90. The molecule has 0 saturated heterocycles. The van der Waals surface area contributed by atoms with E-state index in [0.717, 1.165) is 28.9 Å². The molecule has 5 heteroatoms. The predicted molar refractivity (Wildman–Crippen MR) is 109 cm³/mol. The first-order chi connectivity index (χ1) is 13.5. The van der Waals surface area contributed by atoms with Crippen molar-refractivity contribution in [3.8, 4) is 17.2 Å². The van der Waals surface area contributed by atoms with Crippen molar-refractivity contribution in [1.82, 2.24) is 4.90 Å². The Kier molecular flexibility index (Phi) is 6.12. The van der Waals surface area contributed by atoms with Crippen LogP contribution in [-0.4, -0.2) is 38.2 Å². The number of amides is 1. The SMILES string of the molecule is CCC(=O)N1CCc2cc(OC)c(OC)cc2C1COc1cc(C)cc(C)c1. The van der Waals surface area contributed by atoms with E-state index in [0.29, 0.717) is 31.1 Å². The summed E-state index contributed by atoms with van der Waals surface area (Å²) in [7, 11) is 3.27. The summed E-state index contributed by atoms with van der Waals surface area (Å²) >= 11 is 0. The largest absolute Gasteiger partial charge is 0.493 e. The van der Waals surface area contributed by atoms with E-state index in [2.05, 4.69) is 19.9 Å². The van der Waals surface area contributed by atoms with E-state index in [4.69, 9.17) is 14.2 Å². The van der Waals surface area contributed by atoms with Crippen molar-refractivity contribution in [3.05, 3.63) is 52.6 Å². The number of hydrogen-bond acceptors (Lipinski definition) is 4. The second-order valence-corrected chi connectivity index (χ2v) is 7.25. The van der Waals surface area contributed by atoms with Crippen LogP contribution in [0.15, 0.2) is 30.3 Å². The number of aryl methyl sites for hydroxylation is 2. The zero-order valence-corrected chi connectivity index (χ0v) is 17.4. The molecule has 150 valence electrons. The minimum atomic E-state index is -0.156. The first-order valence-electron chi connectivity index (χ1n) is 9.72. The Morgan fingerprint density at radius 3 is 2.29 bits per heavy atom. The average molecular weight is 383 g/mol. The van der Waals surface area contributed by atoms with Crippen LogP contribution in [0.1, 0.15) is 41.6 Å². The molecule has 1 amide bonds. The number of carbonyl (C=O) groups is 1. The van der Waals surface area contributed by atoms with Crippen molar-refractivity contribution in [2.24, 2.45) is 0 Å². The van der Waals surface area contributed by atoms with E-state index in [1.165, 1.54) is 5.56 Å². The van der Waals surface area contributed by atoms with Gasteiger partial charge in [-0.15, -0.1) is 0 Å². The number of hydrogen-bond donors (Lipinski definition) is 0. The first kappa shape index (κ1) is 20.1. The van der Waals surface area contributed by atoms with Gasteiger partial charge in [-0.2, -0.15) is 0 Å². The molecule has 5 nitrogen and oxygen atoms in total. The van der Waals surface area contributed by atoms with E-state index in [-0.39, 0.29) is 11.9 Å². The molecule has 0 aliphatic carbocycles. The van der Waals surface area contributed by atoms with E-state index < -0.39 is 0 Å². The minimum Gasteiger partial charge on any atom is -0.493 e. The molecule has 2 aromatic carbocycles. The molecule has 3 rings (SSSR count). The van der Waals surface area contributed by atoms with Gasteiger partial charge in [-0.25, -0.2) is 0 Å². The monoisotopic (exact) mass is 383 g/mol. The van der Waals surface area contributed by atoms with Crippen LogP contribution >= 0.6 is 0 Å². The Morgan fingerprint density at radius 1 is 1.04 bits per heavy atom. The second kappa shape index (κ2) is 8.55. The number of ether oxygens (including phenoxy) is 3. The van der Waals surface area contributed by atoms with Gasteiger partial charge >= 0.3 is 0 Å². The van der Waals surface area contributed by atoms with Crippen LogP contribution < -0.4 is 14.2 Å². The molecule has 0 N–H and O–H groups in total. The van der Waals surface area contributed by atoms with Crippen molar-refractivity contribution in [2.75, 3.05) is 27.4 Å². The van der Waals surface area contributed by atoms with E-state index in [1.54, 1.807) is 14.2 Å². The molecule has 0 saturated carbocycles. The Morgan fingerprint density at radius 2 is 1.68 bits per heavy atom. The highest BCUT2D eigenvalue weighted by Crippen LogP contribution is 2.38. The van der Waals surface area contributed by atoms with Crippen LogP contribution in [0.4, 0.5) is 0 Å². The number of carbonyl (C=O) groups excluding carboxylic acids is 1. The Balaban J connectivity index is 1.95. The molecule has 1 unspecified atom stereocenters. The van der Waals surface area contributed by atoms with Crippen LogP contribution in [0.25, 0.3) is 0 Å². The molecule has 1 atom stereocenters. The lowest BCUT2D eigenvalue weighted by atomic mass is 9.92. The first-order valence-corrected chi connectivity index (χ1v) is 9.72. The van der Waals surface area contributed by atoms with Crippen LogP contribution in [0.3, 0.4) is 0 Å². The lowest BCUT2D eigenvalue weighted by Gasteiger charge is -2.37. The van der Waals surface area contributed by atoms with Crippen molar-refractivity contribution < 1.29 is 19.0 Å². The molecule has 0 spiro atoms. The van der Waals surface area contributed by atoms with Crippen molar-refractivity contribution >= 4 is 5.91 Å². The standard InChI is InChI=1S/C23H29NO4/c1-6-23(25)24-8-7-17-12-21(26-4)22(27-5)13-19(17)20(24)14-28-18-10-15(2)9-16(3)11-18/h9-13,20H,6-8,14H2,1-5H3. The summed E-state index contributed by atoms with van der Waals surface area (Å²) in [6.45, 7) is 7.08. The zero-order valence-electron chi connectivity index (χ0n) is 17.4. The van der Waals surface area contributed by atoms with E-state index in [9.17, 15) is 4.79 Å². The number of nitrogens with zero attached hydrogens (tertiary/aromatic N) is 1. The van der Waals surface area contributed by atoms with E-state index >= 15 is 0 Å². The maximum atomic E-state index is 12.6. The molecular formula is C23H29NO4. The average Bonchev–Trinajstić information content (AvgIpc) is 2.69. The normalized spacial score (nSPS) is 15.8. The third-order valence-corrected chi connectivity index (χ3v) is 5.23. The summed E-state index contributed by atoms with van der Waals surface area (Å²) in [6, 6.07) is 10.0. The van der Waals surface area contributed by atoms with Gasteiger partial charge in [0.15, 0.2) is 11.5 Å². The van der Waals surface area contributed by atoms with Gasteiger partial charge in [0, 0.05) is 13.0 Å². The van der Waals surface area contributed by atoms with Gasteiger partial charge in [0.2, 0.25) is 5.91 Å². The molecule has 1 heterocycles. The van der Waals surface area contributed by atoms with E-state index in [1.807, 2.05) is 36.1 Å². The maximum absolute atomic E-state index is 12.6. The van der Waals surface area contributed by atoms with Crippen LogP contribution in [-0.2, 0) is 11.2 Å². The minimum absolute atomic E-state index is 0.134. The molecule has 28 heavy (non-hydrogen) atoms. The van der Waals surface area contributed by atoms with Crippen LogP contribution in [0.2, 0.25) is 0 Å². The van der Waals surface area contributed by atoms with Gasteiger partial charge in [-0.1, -0.05) is 13.0 Å². The number of methoxy groups -OCH3 is 2. The predicted octanol–water partition coefficient (Wildman–Crippen LogP) is 4.24. The summed E-state index contributed by atoms with van der Waals surface area (Å²) < 4.78 is 17.1. The molecule has 2 aromatic rings. The molecule has 0 radical (unpaired) electrons. The quantitative estimate of drug-likeness (QED) is 0.749. The number of rotatable bonds is 6. The van der Waals surface area contributed by atoms with Crippen molar-refractivity contribution in [1.29, 1.82) is 0 Å². The lowest BCUT2D eigenvalue weighted by molar-refractivity contribution is -0.134. The third-order valence-electron chi connectivity index (χ3n) is 5.23. The fraction of sp³-hybridized carbons (Fsp3) is 0.435. The molecule has 0 aromatic heterocycles. The Bertz CT molecular complexity index is 842. The van der Waals surface area contributed by atoms with Gasteiger partial charge in [0.05, 0.1) is 20.3 Å². The smallest absolute Gasteiger partial charge is 0.222 e. The van der Waals surface area contributed by atoms with Gasteiger partial charge < -0.3 is 19.1 Å². The van der Waals surface area contributed by atoms with Crippen LogP contribution in [0.5, 0.6) is 17.2 Å². The lowest BCUT2D eigenvalue weighted by Crippen LogP contribution is -2.42. The number of benzene rings is 2. The van der Waals surface area contributed by atoms with Gasteiger partial charge in [0.1, 0.15) is 12.4 Å². The van der Waals surface area contributed by atoms with Crippen molar-refractivity contribution in [3.63, 3.8) is 0 Å². The van der Waals surface area contributed by atoms with Gasteiger partial charge in [-0.05, 0) is 66.8 Å². The molecular weight excluding hydrogens is 354 g/mol. The Labute approximate surface area is 167 Å². The highest BCUT2D eigenvalue weighted by atomic mass is 16.5. The topological polar surface area (TPSA) is 48.0 Å². The van der Waals surface area contributed by atoms with Gasteiger partial charge in [0.25, 0.3) is 0 Å². The van der Waals surface area contributed by atoms with Crippen LogP contribution in [0, 0.1) is 13.8 Å². The maximum Gasteiger partial charge on any atom is 0.222 e. The van der Waals surface area contributed by atoms with Gasteiger partial charge in [-0.3, -0.25) is 4.79 Å². The highest BCUT2D eigenvalue weighted by Gasteiger charge is 2.32. The molecule has 0 bridgehead atoms. The third kappa shape index (κ3) is 4.08. The Hall–Kier alpha value is -2.69. The second-order valence-electron chi connectivity index (χ2n) is 7.25. The molecule has 1 aliphatic heterocycles. The number of fused-ring (bicyclic) bond motifs is 1. The highest BCUT2D eigenvalue weighted by molar-refractivity contribution is 5.77. The summed E-state index contributed by atoms with van der Waals surface area (Å²) in [5, 5.41) is 0. The summed E-state index contributed by atoms with van der Waals surface area (Å²) in [5.41, 5.74) is 4.56. The molecule has 0 fully saturated rings. The summed E-state index contributed by atoms with van der Waals surface area (Å²) in [4.78, 5) is 14.5. The fourth-order valence-corrected chi connectivity index (χ4v) is 3.90. The molecule has 1 aliphatic rings. The summed E-state index contributed by atoms with van der Waals surface area (Å²) in [6.07, 6.45) is 1.27. The summed E-state index contributed by atoms with van der Waals surface area (Å²) in [5.74, 6) is 2.34. The van der Waals surface area contributed by atoms with Crippen molar-refractivity contribution in [2.45, 2.75) is 39.7 Å². The zero-order chi connectivity index (χ0) is 20.3.